The molecular weight excluding hydrogens is 717 g/mol. The number of anilines is 1. The molecule has 5 rings (SSSR count). The maximum atomic E-state index is 13.5. The van der Waals surface area contributed by atoms with Crippen LogP contribution in [0, 0.1) is 0 Å². The van der Waals surface area contributed by atoms with Gasteiger partial charge in [-0.25, -0.2) is 14.6 Å². The number of nitrogens with one attached hydrogen (secondary N) is 3. The van der Waals surface area contributed by atoms with E-state index in [0.29, 0.717) is 33.4 Å². The Morgan fingerprint density at radius 3 is 2.61 bits per heavy atom. The first-order chi connectivity index (χ1) is 23.4. The molecule has 2 aliphatic heterocycles. The number of thioether (sulfide) groups is 2. The average Bonchev–Trinajstić information content (AvgIpc) is 3.75. The molecule has 0 bridgehead atoms. The number of aromatic nitrogens is 3. The molecule has 1 fully saturated rings. The van der Waals surface area contributed by atoms with Crippen LogP contribution in [0.15, 0.2) is 55.9 Å². The van der Waals surface area contributed by atoms with Gasteiger partial charge in [0.1, 0.15) is 40.5 Å². The van der Waals surface area contributed by atoms with Gasteiger partial charge in [-0.05, 0) is 37.5 Å². The van der Waals surface area contributed by atoms with E-state index < -0.39 is 40.9 Å². The first-order valence-corrected chi connectivity index (χ1v) is 18.2. The van der Waals surface area contributed by atoms with Crippen molar-refractivity contribution in [2.75, 3.05) is 16.8 Å². The van der Waals surface area contributed by atoms with E-state index in [-0.39, 0.29) is 35.4 Å². The number of rotatable bonds is 14. The van der Waals surface area contributed by atoms with E-state index >= 15 is 0 Å². The van der Waals surface area contributed by atoms with Gasteiger partial charge in [-0.2, -0.15) is 0 Å². The maximum absolute atomic E-state index is 13.5. The minimum atomic E-state index is -1.24. The number of carboxylic acid groups (broad SMARTS) is 1. The number of alkyl carbamates (subject to hydrolysis) is 1. The number of hydrogen-bond acceptors (Lipinski definition) is 15. The Labute approximate surface area is 296 Å². The quantitative estimate of drug-likeness (QED) is 0.0615. The third-order valence-corrected chi connectivity index (χ3v) is 10.7. The molecule has 0 spiro atoms. The number of thiazole rings is 1. The summed E-state index contributed by atoms with van der Waals surface area (Å²) in [5, 5.41) is 30.6. The van der Waals surface area contributed by atoms with Gasteiger partial charge in [0.05, 0.1) is 0 Å². The van der Waals surface area contributed by atoms with Gasteiger partial charge >= 0.3 is 12.1 Å². The van der Waals surface area contributed by atoms with Crippen LogP contribution in [0.5, 0.6) is 0 Å². The summed E-state index contributed by atoms with van der Waals surface area (Å²) < 4.78 is 5.92. The summed E-state index contributed by atoms with van der Waals surface area (Å²) in [6.45, 7) is 5.56. The second-order valence-electron chi connectivity index (χ2n) is 11.3. The van der Waals surface area contributed by atoms with E-state index in [9.17, 15) is 29.1 Å². The number of nitrogens with zero attached hydrogens (tertiary/aromatic N) is 5. The Bertz CT molecular complexity index is 1770. The molecule has 1 unspecified atom stereocenters. The van der Waals surface area contributed by atoms with Crippen LogP contribution in [-0.2, 0) is 41.9 Å². The van der Waals surface area contributed by atoms with Crippen LogP contribution in [0.3, 0.4) is 0 Å². The SMILES string of the molecule is CC(C)(C)OC(=O)NCc1ccc(CON=C(C(=O)NC2C(=O)N3C(C(=O)O)=C(CSc4nncs4)CS[C@@H]23)c2csc(NC=O)n2)cc1. The van der Waals surface area contributed by atoms with E-state index in [1.165, 1.54) is 45.1 Å². The second-order valence-corrected chi connectivity index (χ2v) is 15.3. The molecule has 20 heteroatoms. The van der Waals surface area contributed by atoms with Crippen LogP contribution in [-0.4, -0.2) is 89.7 Å². The number of oxime groups is 1. The molecule has 4 N–H and O–H groups in total. The number of aliphatic carboxylic acids is 1. The number of ether oxygens (including phenoxy) is 1. The number of fused-ring (bicyclic) bond motifs is 1. The van der Waals surface area contributed by atoms with Gasteiger partial charge in [0.15, 0.2) is 15.2 Å². The van der Waals surface area contributed by atoms with E-state index in [4.69, 9.17) is 9.57 Å². The van der Waals surface area contributed by atoms with Gasteiger partial charge in [0.2, 0.25) is 6.41 Å². The molecule has 16 nitrogen and oxygen atoms in total. The van der Waals surface area contributed by atoms with Crippen molar-refractivity contribution < 1.29 is 38.7 Å². The minimum absolute atomic E-state index is 0.0284. The molecule has 49 heavy (non-hydrogen) atoms. The molecule has 258 valence electrons. The summed E-state index contributed by atoms with van der Waals surface area (Å²) in [6, 6.07) is 6.10. The summed E-state index contributed by atoms with van der Waals surface area (Å²) in [4.78, 5) is 72.8. The average molecular weight is 747 g/mol. The number of β-lactam (4-membered cyclic amide) rings is 1. The molecule has 2 aromatic heterocycles. The normalized spacial score (nSPS) is 17.5. The van der Waals surface area contributed by atoms with Crippen molar-refractivity contribution >= 4 is 87.3 Å². The zero-order chi connectivity index (χ0) is 35.1. The Balaban J connectivity index is 1.24. The number of hydrogen-bond donors (Lipinski definition) is 4. The van der Waals surface area contributed by atoms with E-state index in [1.54, 1.807) is 50.5 Å². The van der Waals surface area contributed by atoms with Crippen LogP contribution >= 0.6 is 46.2 Å². The zero-order valence-electron chi connectivity index (χ0n) is 26.2. The van der Waals surface area contributed by atoms with Gasteiger partial charge in [0.25, 0.3) is 11.8 Å². The molecule has 0 radical (unpaired) electrons. The molecule has 4 amide bonds. The molecule has 3 aromatic rings. The largest absolute Gasteiger partial charge is 0.477 e. The monoisotopic (exact) mass is 746 g/mol. The fourth-order valence-electron chi connectivity index (χ4n) is 4.50. The number of carboxylic acids is 1. The highest BCUT2D eigenvalue weighted by Gasteiger charge is 2.54. The van der Waals surface area contributed by atoms with Crippen LogP contribution in [0.2, 0.25) is 0 Å². The van der Waals surface area contributed by atoms with Gasteiger partial charge in [-0.1, -0.05) is 52.5 Å². The smallest absolute Gasteiger partial charge is 0.407 e. The molecular formula is C29H30N8O8S4. The van der Waals surface area contributed by atoms with Crippen LogP contribution in [0.1, 0.15) is 37.6 Å². The van der Waals surface area contributed by atoms with Crippen LogP contribution in [0.4, 0.5) is 9.93 Å². The lowest BCUT2D eigenvalue weighted by Gasteiger charge is -2.49. The Hall–Kier alpha value is -4.53. The lowest BCUT2D eigenvalue weighted by atomic mass is 10.0. The predicted molar refractivity (Wildman–Crippen MR) is 183 cm³/mol. The molecule has 2 aliphatic rings. The topological polar surface area (TPSA) is 214 Å². The third kappa shape index (κ3) is 9.13. The van der Waals surface area contributed by atoms with E-state index in [2.05, 4.69) is 36.3 Å². The molecule has 0 saturated carbocycles. The predicted octanol–water partition coefficient (Wildman–Crippen LogP) is 3.04. The number of benzene rings is 1. The number of amides is 4. The van der Waals surface area contributed by atoms with Crippen molar-refractivity contribution in [2.24, 2.45) is 5.16 Å². The van der Waals surface area contributed by atoms with Gasteiger partial charge in [-0.15, -0.1) is 33.3 Å². The summed E-state index contributed by atoms with van der Waals surface area (Å²) in [7, 11) is 0. The summed E-state index contributed by atoms with van der Waals surface area (Å²) in [5.41, 5.74) is 2.80. The van der Waals surface area contributed by atoms with E-state index in [1.807, 2.05) is 0 Å². The molecule has 1 aromatic carbocycles. The van der Waals surface area contributed by atoms with Gasteiger partial charge < -0.3 is 30.6 Å². The lowest BCUT2D eigenvalue weighted by Crippen LogP contribution is -2.71. The number of carbonyl (C=O) groups excluding carboxylic acids is 4. The fraction of sp³-hybridized carbons (Fsp3) is 0.345. The van der Waals surface area contributed by atoms with Crippen molar-refractivity contribution in [3.8, 4) is 0 Å². The van der Waals surface area contributed by atoms with Crippen molar-refractivity contribution in [3.05, 3.63) is 63.2 Å². The minimum Gasteiger partial charge on any atom is -0.477 e. The van der Waals surface area contributed by atoms with E-state index in [0.717, 1.165) is 16.9 Å². The van der Waals surface area contributed by atoms with Crippen molar-refractivity contribution in [1.82, 2.24) is 30.7 Å². The highest BCUT2D eigenvalue weighted by Crippen LogP contribution is 2.41. The van der Waals surface area contributed by atoms with Crippen LogP contribution < -0.4 is 16.0 Å². The zero-order valence-corrected chi connectivity index (χ0v) is 29.5. The number of carbonyl (C=O) groups is 5. The van der Waals surface area contributed by atoms with Crippen molar-refractivity contribution in [1.29, 1.82) is 0 Å². The van der Waals surface area contributed by atoms with Crippen molar-refractivity contribution in [2.45, 2.75) is 55.3 Å². The Morgan fingerprint density at radius 2 is 1.94 bits per heavy atom. The molecule has 0 aliphatic carbocycles. The highest BCUT2D eigenvalue weighted by atomic mass is 32.2. The van der Waals surface area contributed by atoms with Gasteiger partial charge in [-0.3, -0.25) is 19.3 Å². The first kappa shape index (κ1) is 35.8. The molecule has 4 heterocycles. The summed E-state index contributed by atoms with van der Waals surface area (Å²) in [5.74, 6) is -1.94. The second kappa shape index (κ2) is 15.8. The fourth-order valence-corrected chi connectivity index (χ4v) is 8.12. The standard InChI is InChI=1S/C29H30N8O8S4/c1-29(2,3)45-27(43)30-8-15-4-6-16(7-5-15)9-44-36-19(18-12-47-26(33-18)31-13-38)22(39)34-20-23(40)37-21(25(41)42)17(10-46-24(20)37)11-48-28-35-32-14-49-28/h4-7,12-14,20,24H,8-11H2,1-3H3,(H,30,43)(H,34,39)(H,41,42)(H,31,33,38)/t20?,24-/m0/s1. The maximum Gasteiger partial charge on any atom is 0.407 e. The Morgan fingerprint density at radius 1 is 1.18 bits per heavy atom. The molecule has 2 atom stereocenters. The Kier molecular flexibility index (Phi) is 11.5. The summed E-state index contributed by atoms with van der Waals surface area (Å²) >= 11 is 5.05. The summed E-state index contributed by atoms with van der Waals surface area (Å²) in [6.07, 6.45) is -0.0890. The van der Waals surface area contributed by atoms with Crippen LogP contribution in [0.25, 0.3) is 0 Å². The highest BCUT2D eigenvalue weighted by molar-refractivity contribution is 8.01. The third-order valence-electron chi connectivity index (χ3n) is 6.64. The molecule has 1 saturated heterocycles. The van der Waals surface area contributed by atoms with Crippen molar-refractivity contribution in [3.63, 3.8) is 0 Å². The lowest BCUT2D eigenvalue weighted by molar-refractivity contribution is -0.150. The van der Waals surface area contributed by atoms with Gasteiger partial charge in [0, 0.05) is 23.4 Å². The first-order valence-electron chi connectivity index (χ1n) is 14.4.